The first-order valence-electron chi connectivity index (χ1n) is 7.89. The van der Waals surface area contributed by atoms with Gasteiger partial charge in [0.2, 0.25) is 0 Å². The zero-order valence-corrected chi connectivity index (χ0v) is 16.1. The number of hydrogen-bond acceptors (Lipinski definition) is 7. The van der Waals surface area contributed by atoms with E-state index in [1.807, 2.05) is 4.72 Å². The van der Waals surface area contributed by atoms with Gasteiger partial charge in [0.1, 0.15) is 0 Å². The van der Waals surface area contributed by atoms with Crippen molar-refractivity contribution < 1.29 is 32.3 Å². The summed E-state index contributed by atoms with van der Waals surface area (Å²) >= 11 is 0. The second-order valence-electron chi connectivity index (χ2n) is 5.62. The molecule has 0 aromatic heterocycles. The predicted octanol–water partition coefficient (Wildman–Crippen LogP) is 2.08. The van der Waals surface area contributed by atoms with Crippen molar-refractivity contribution in [2.45, 2.75) is 11.8 Å². The summed E-state index contributed by atoms with van der Waals surface area (Å²) in [4.78, 5) is 35.7. The first-order chi connectivity index (χ1) is 13.2. The standard InChI is InChI=1S/C18H18N2O7S/c1-11-4-7-13(8-5-11)28(24,25)20-18(23)19-15-10-12(16(21)26-2)6-9-14(15)17(22)27-3/h4-10H,1-3H3,(H2,19,20,23). The van der Waals surface area contributed by atoms with Crippen LogP contribution in [0.15, 0.2) is 47.4 Å². The van der Waals surface area contributed by atoms with Crippen molar-refractivity contribution in [2.75, 3.05) is 19.5 Å². The highest BCUT2D eigenvalue weighted by Crippen LogP contribution is 2.20. The number of benzene rings is 2. The average molecular weight is 406 g/mol. The number of carbonyl (C=O) groups is 3. The highest BCUT2D eigenvalue weighted by molar-refractivity contribution is 7.90. The van der Waals surface area contributed by atoms with Crippen LogP contribution in [0.3, 0.4) is 0 Å². The fraction of sp³-hybridized carbons (Fsp3) is 0.167. The molecular formula is C18H18N2O7S. The minimum Gasteiger partial charge on any atom is -0.465 e. The Balaban J connectivity index is 2.29. The lowest BCUT2D eigenvalue weighted by Crippen LogP contribution is -2.34. The van der Waals surface area contributed by atoms with Gasteiger partial charge in [-0.3, -0.25) is 0 Å². The van der Waals surface area contributed by atoms with Crippen molar-refractivity contribution in [3.8, 4) is 0 Å². The molecule has 28 heavy (non-hydrogen) atoms. The van der Waals surface area contributed by atoms with E-state index in [0.717, 1.165) is 12.7 Å². The maximum Gasteiger partial charge on any atom is 0.339 e. The van der Waals surface area contributed by atoms with Gasteiger partial charge >= 0.3 is 18.0 Å². The van der Waals surface area contributed by atoms with Gasteiger partial charge in [0.05, 0.1) is 35.9 Å². The lowest BCUT2D eigenvalue weighted by molar-refractivity contribution is 0.0587. The van der Waals surface area contributed by atoms with Gasteiger partial charge in [-0.25, -0.2) is 27.5 Å². The minimum atomic E-state index is -4.14. The normalized spacial score (nSPS) is 10.7. The molecule has 0 aliphatic rings. The summed E-state index contributed by atoms with van der Waals surface area (Å²) in [6.07, 6.45) is 0. The van der Waals surface area contributed by atoms with Crippen molar-refractivity contribution in [2.24, 2.45) is 0 Å². The Kier molecular flexibility index (Phi) is 6.37. The van der Waals surface area contributed by atoms with Crippen LogP contribution in [-0.2, 0) is 19.5 Å². The largest absolute Gasteiger partial charge is 0.465 e. The van der Waals surface area contributed by atoms with Gasteiger partial charge in [-0.15, -0.1) is 0 Å². The van der Waals surface area contributed by atoms with Gasteiger partial charge in [0.25, 0.3) is 10.0 Å². The molecule has 0 heterocycles. The summed E-state index contributed by atoms with van der Waals surface area (Å²) in [7, 11) is -1.82. The number of rotatable bonds is 5. The van der Waals surface area contributed by atoms with Gasteiger partial charge in [-0.05, 0) is 37.3 Å². The molecule has 0 fully saturated rings. The second kappa shape index (κ2) is 8.53. The SMILES string of the molecule is COC(=O)c1ccc(C(=O)OC)c(NC(=O)NS(=O)(=O)c2ccc(C)cc2)c1. The Hall–Kier alpha value is -3.40. The third-order valence-electron chi connectivity index (χ3n) is 3.65. The van der Waals surface area contributed by atoms with E-state index in [9.17, 15) is 22.8 Å². The van der Waals surface area contributed by atoms with Crippen LogP contribution in [0, 0.1) is 6.92 Å². The molecule has 10 heteroatoms. The van der Waals surface area contributed by atoms with Crippen LogP contribution < -0.4 is 10.0 Å². The number of esters is 2. The number of anilines is 1. The number of hydrogen-bond donors (Lipinski definition) is 2. The Morgan fingerprint density at radius 1 is 0.893 bits per heavy atom. The van der Waals surface area contributed by atoms with E-state index in [2.05, 4.69) is 14.8 Å². The highest BCUT2D eigenvalue weighted by atomic mass is 32.2. The lowest BCUT2D eigenvalue weighted by atomic mass is 10.1. The number of nitrogens with one attached hydrogen (secondary N) is 2. The fourth-order valence-electron chi connectivity index (χ4n) is 2.23. The number of carbonyl (C=O) groups excluding carboxylic acids is 3. The first kappa shape index (κ1) is 20.9. The summed E-state index contributed by atoms with van der Waals surface area (Å²) in [5.74, 6) is -1.49. The minimum absolute atomic E-state index is 0.0480. The molecule has 0 unspecified atom stereocenters. The number of aryl methyl sites for hydroxylation is 1. The smallest absolute Gasteiger partial charge is 0.339 e. The van der Waals surface area contributed by atoms with Crippen LogP contribution in [0.4, 0.5) is 10.5 Å². The summed E-state index contributed by atoms with van der Waals surface area (Å²) in [6.45, 7) is 1.79. The molecule has 0 spiro atoms. The van der Waals surface area contributed by atoms with E-state index < -0.39 is 28.0 Å². The predicted molar refractivity (Wildman–Crippen MR) is 99.6 cm³/mol. The van der Waals surface area contributed by atoms with Crippen LogP contribution in [0.2, 0.25) is 0 Å². The van der Waals surface area contributed by atoms with Gasteiger partial charge in [0, 0.05) is 0 Å². The van der Waals surface area contributed by atoms with Crippen LogP contribution in [0.1, 0.15) is 26.3 Å². The van der Waals surface area contributed by atoms with Gasteiger partial charge in [0.15, 0.2) is 0 Å². The van der Waals surface area contributed by atoms with Crippen LogP contribution in [0.25, 0.3) is 0 Å². The van der Waals surface area contributed by atoms with E-state index in [4.69, 9.17) is 0 Å². The summed E-state index contributed by atoms with van der Waals surface area (Å²) in [5.41, 5.74) is 0.710. The topological polar surface area (TPSA) is 128 Å². The third-order valence-corrected chi connectivity index (χ3v) is 5.00. The van der Waals surface area contributed by atoms with E-state index in [1.165, 1.54) is 37.4 Å². The molecule has 0 bridgehead atoms. The molecule has 2 aromatic rings. The quantitative estimate of drug-likeness (QED) is 0.728. The Bertz CT molecular complexity index is 1010. The molecule has 2 rings (SSSR count). The molecule has 0 atom stereocenters. The lowest BCUT2D eigenvalue weighted by Gasteiger charge is -2.12. The maximum atomic E-state index is 12.3. The van der Waals surface area contributed by atoms with Gasteiger partial charge in [-0.1, -0.05) is 17.7 Å². The van der Waals surface area contributed by atoms with Crippen LogP contribution in [0.5, 0.6) is 0 Å². The molecule has 0 aliphatic carbocycles. The van der Waals surface area contributed by atoms with Crippen molar-refractivity contribution in [3.05, 3.63) is 59.2 Å². The molecule has 0 radical (unpaired) electrons. The monoisotopic (exact) mass is 406 g/mol. The molecule has 9 nitrogen and oxygen atoms in total. The molecule has 0 aliphatic heterocycles. The Morgan fingerprint density at radius 2 is 1.50 bits per heavy atom. The van der Waals surface area contributed by atoms with Crippen molar-refractivity contribution in [1.29, 1.82) is 0 Å². The van der Waals surface area contributed by atoms with E-state index >= 15 is 0 Å². The summed E-state index contributed by atoms with van der Waals surface area (Å²) in [6, 6.07) is 8.49. The molecule has 2 aromatic carbocycles. The van der Waals surface area contributed by atoms with Crippen LogP contribution >= 0.6 is 0 Å². The number of methoxy groups -OCH3 is 2. The number of ether oxygens (including phenoxy) is 2. The van der Waals surface area contributed by atoms with Crippen molar-refractivity contribution >= 4 is 33.7 Å². The third kappa shape index (κ3) is 4.86. The van der Waals surface area contributed by atoms with E-state index in [-0.39, 0.29) is 21.7 Å². The highest BCUT2D eigenvalue weighted by Gasteiger charge is 2.21. The molecule has 2 amide bonds. The number of urea groups is 1. The Morgan fingerprint density at radius 3 is 2.07 bits per heavy atom. The zero-order chi connectivity index (χ0) is 20.9. The van der Waals surface area contributed by atoms with Crippen molar-refractivity contribution in [1.82, 2.24) is 4.72 Å². The maximum absolute atomic E-state index is 12.3. The zero-order valence-electron chi connectivity index (χ0n) is 15.3. The van der Waals surface area contributed by atoms with E-state index in [1.54, 1.807) is 19.1 Å². The molecule has 0 saturated carbocycles. The van der Waals surface area contributed by atoms with Crippen molar-refractivity contribution in [3.63, 3.8) is 0 Å². The Labute approximate surface area is 161 Å². The fourth-order valence-corrected chi connectivity index (χ4v) is 3.13. The van der Waals surface area contributed by atoms with Crippen LogP contribution in [-0.4, -0.2) is 40.6 Å². The van der Waals surface area contributed by atoms with Gasteiger partial charge in [-0.2, -0.15) is 0 Å². The summed E-state index contributed by atoms with van der Waals surface area (Å²) < 4.78 is 35.7. The van der Waals surface area contributed by atoms with E-state index in [0.29, 0.717) is 0 Å². The molecule has 2 N–H and O–H groups in total. The first-order valence-corrected chi connectivity index (χ1v) is 9.37. The molecule has 0 saturated heterocycles. The molecular weight excluding hydrogens is 388 g/mol. The number of sulfonamides is 1. The molecule has 148 valence electrons. The average Bonchev–Trinajstić information content (AvgIpc) is 2.66. The van der Waals surface area contributed by atoms with Gasteiger partial charge < -0.3 is 14.8 Å². The number of amides is 2. The summed E-state index contributed by atoms with van der Waals surface area (Å²) in [5, 5.41) is 2.24. The second-order valence-corrected chi connectivity index (χ2v) is 7.30.